The van der Waals surface area contributed by atoms with E-state index in [1.54, 1.807) is 0 Å². The first-order chi connectivity index (χ1) is 8.74. The fourth-order valence-corrected chi connectivity index (χ4v) is 2.35. The summed E-state index contributed by atoms with van der Waals surface area (Å²) in [5, 5.41) is 9.87. The summed E-state index contributed by atoms with van der Waals surface area (Å²) in [6.45, 7) is 0.801. The minimum atomic E-state index is -0.289. The van der Waals surface area contributed by atoms with Gasteiger partial charge >= 0.3 is 5.97 Å². The highest BCUT2D eigenvalue weighted by Gasteiger charge is 2.23. The van der Waals surface area contributed by atoms with Crippen molar-refractivity contribution in [3.63, 3.8) is 0 Å². The van der Waals surface area contributed by atoms with Gasteiger partial charge in [-0.1, -0.05) is 25.7 Å². The number of esters is 1. The molecule has 1 heterocycles. The van der Waals surface area contributed by atoms with Gasteiger partial charge in [-0.05, 0) is 25.7 Å². The van der Waals surface area contributed by atoms with E-state index in [0.29, 0.717) is 6.42 Å². The van der Waals surface area contributed by atoms with Crippen molar-refractivity contribution < 1.29 is 19.4 Å². The van der Waals surface area contributed by atoms with Crippen LogP contribution in [0.15, 0.2) is 0 Å². The molecule has 4 heteroatoms. The number of aliphatic hydroxyl groups is 1. The molecule has 0 aromatic heterocycles. The second kappa shape index (κ2) is 9.34. The van der Waals surface area contributed by atoms with Crippen LogP contribution in [0.3, 0.4) is 0 Å². The molecule has 0 amide bonds. The predicted molar refractivity (Wildman–Crippen MR) is 69.3 cm³/mol. The first-order valence-corrected chi connectivity index (χ1v) is 7.10. The van der Waals surface area contributed by atoms with Crippen molar-refractivity contribution in [2.75, 3.05) is 13.7 Å². The van der Waals surface area contributed by atoms with Gasteiger partial charge in [0.1, 0.15) is 0 Å². The van der Waals surface area contributed by atoms with Crippen LogP contribution in [-0.4, -0.2) is 37.0 Å². The lowest BCUT2D eigenvalue weighted by molar-refractivity contribution is -0.140. The summed E-state index contributed by atoms with van der Waals surface area (Å²) in [5.41, 5.74) is 0. The number of methoxy groups -OCH3 is 1. The Morgan fingerprint density at radius 2 is 2.06 bits per heavy atom. The lowest BCUT2D eigenvalue weighted by Crippen LogP contribution is -2.24. The molecule has 0 radical (unpaired) electrons. The van der Waals surface area contributed by atoms with Gasteiger partial charge in [0, 0.05) is 13.0 Å². The molecule has 1 aliphatic heterocycles. The molecule has 18 heavy (non-hydrogen) atoms. The van der Waals surface area contributed by atoms with E-state index >= 15 is 0 Å². The molecular weight excluding hydrogens is 232 g/mol. The first-order valence-electron chi connectivity index (χ1n) is 7.10. The predicted octanol–water partition coefficient (Wildman–Crippen LogP) is 2.43. The Labute approximate surface area is 110 Å². The van der Waals surface area contributed by atoms with Crippen molar-refractivity contribution in [1.82, 2.24) is 0 Å². The topological polar surface area (TPSA) is 55.8 Å². The van der Waals surface area contributed by atoms with Gasteiger partial charge in [-0.3, -0.25) is 4.79 Å². The van der Waals surface area contributed by atoms with E-state index in [4.69, 9.17) is 4.74 Å². The molecule has 2 atom stereocenters. The van der Waals surface area contributed by atoms with Crippen LogP contribution in [0.1, 0.15) is 57.8 Å². The Bertz CT molecular complexity index is 224. The molecule has 0 bridgehead atoms. The third-order valence-corrected chi connectivity index (χ3v) is 3.50. The first kappa shape index (κ1) is 15.4. The molecule has 1 aliphatic rings. The van der Waals surface area contributed by atoms with Crippen LogP contribution in [-0.2, 0) is 14.3 Å². The molecule has 0 saturated carbocycles. The molecule has 106 valence electrons. The third kappa shape index (κ3) is 6.36. The highest BCUT2D eigenvalue weighted by Crippen LogP contribution is 2.19. The molecule has 1 N–H and O–H groups in total. The molecule has 2 unspecified atom stereocenters. The van der Waals surface area contributed by atoms with E-state index in [-0.39, 0.29) is 18.2 Å². The maximum Gasteiger partial charge on any atom is 0.305 e. The molecule has 4 nitrogen and oxygen atoms in total. The van der Waals surface area contributed by atoms with Crippen molar-refractivity contribution in [2.24, 2.45) is 0 Å². The Hall–Kier alpha value is -0.610. The van der Waals surface area contributed by atoms with Crippen molar-refractivity contribution in [1.29, 1.82) is 0 Å². The van der Waals surface area contributed by atoms with Crippen molar-refractivity contribution in [3.8, 4) is 0 Å². The van der Waals surface area contributed by atoms with Gasteiger partial charge in [0.15, 0.2) is 0 Å². The van der Waals surface area contributed by atoms with Gasteiger partial charge in [0.05, 0.1) is 19.3 Å². The summed E-state index contributed by atoms with van der Waals surface area (Å²) in [6.07, 6.45) is 8.46. The molecule has 1 fully saturated rings. The fourth-order valence-electron chi connectivity index (χ4n) is 2.35. The quantitative estimate of drug-likeness (QED) is 0.510. The highest BCUT2D eigenvalue weighted by atomic mass is 16.5. The standard InChI is InChI=1S/C14H26O4/c1-17-14(16)10-6-4-2-3-5-8-12(15)13-9-7-11-18-13/h12-13,15H,2-11H2,1H3. The van der Waals surface area contributed by atoms with Gasteiger partial charge in [0.25, 0.3) is 0 Å². The number of aliphatic hydroxyl groups excluding tert-OH is 1. The van der Waals surface area contributed by atoms with Crippen molar-refractivity contribution >= 4 is 5.97 Å². The summed E-state index contributed by atoms with van der Waals surface area (Å²) in [4.78, 5) is 10.9. The third-order valence-electron chi connectivity index (χ3n) is 3.50. The van der Waals surface area contributed by atoms with Gasteiger partial charge in [-0.2, -0.15) is 0 Å². The molecule has 1 saturated heterocycles. The van der Waals surface area contributed by atoms with E-state index in [0.717, 1.165) is 58.0 Å². The molecule has 0 aromatic rings. The summed E-state index contributed by atoms with van der Waals surface area (Å²) in [5.74, 6) is -0.121. The monoisotopic (exact) mass is 258 g/mol. The zero-order chi connectivity index (χ0) is 13.2. The van der Waals surface area contributed by atoms with Crippen molar-refractivity contribution in [2.45, 2.75) is 70.0 Å². The molecule has 1 rings (SSSR count). The molecule has 0 aliphatic carbocycles. The van der Waals surface area contributed by atoms with E-state index in [9.17, 15) is 9.90 Å². The van der Waals surface area contributed by atoms with Crippen molar-refractivity contribution in [3.05, 3.63) is 0 Å². The summed E-state index contributed by atoms with van der Waals surface area (Å²) < 4.78 is 10.0. The lowest BCUT2D eigenvalue weighted by Gasteiger charge is -2.16. The Balaban J connectivity index is 1.87. The van der Waals surface area contributed by atoms with E-state index in [1.165, 1.54) is 7.11 Å². The van der Waals surface area contributed by atoms with Gasteiger partial charge in [0.2, 0.25) is 0 Å². The van der Waals surface area contributed by atoms with Crippen LogP contribution in [0.4, 0.5) is 0 Å². The second-order valence-electron chi connectivity index (χ2n) is 5.00. The number of hydrogen-bond donors (Lipinski definition) is 1. The molecular formula is C14H26O4. The van der Waals surface area contributed by atoms with Crippen LogP contribution < -0.4 is 0 Å². The minimum Gasteiger partial charge on any atom is -0.469 e. The van der Waals surface area contributed by atoms with Gasteiger partial charge in [-0.15, -0.1) is 0 Å². The fraction of sp³-hybridized carbons (Fsp3) is 0.929. The zero-order valence-corrected chi connectivity index (χ0v) is 11.4. The Morgan fingerprint density at radius 3 is 2.72 bits per heavy atom. The highest BCUT2D eigenvalue weighted by molar-refractivity contribution is 5.68. The van der Waals surface area contributed by atoms with Crippen LogP contribution in [0, 0.1) is 0 Å². The number of unbranched alkanes of at least 4 members (excludes halogenated alkanes) is 4. The maximum atomic E-state index is 10.9. The smallest absolute Gasteiger partial charge is 0.305 e. The lowest BCUT2D eigenvalue weighted by atomic mass is 10.0. The molecule has 0 spiro atoms. The molecule has 0 aromatic carbocycles. The van der Waals surface area contributed by atoms with E-state index in [2.05, 4.69) is 4.74 Å². The summed E-state index contributed by atoms with van der Waals surface area (Å²) >= 11 is 0. The SMILES string of the molecule is COC(=O)CCCCCCCC(O)C1CCCO1. The number of rotatable bonds is 9. The number of carbonyl (C=O) groups excluding carboxylic acids is 1. The largest absolute Gasteiger partial charge is 0.469 e. The minimum absolute atomic E-state index is 0.0734. The number of carbonyl (C=O) groups is 1. The van der Waals surface area contributed by atoms with Gasteiger partial charge in [-0.25, -0.2) is 0 Å². The second-order valence-corrected chi connectivity index (χ2v) is 5.00. The summed E-state index contributed by atoms with van der Waals surface area (Å²) in [6, 6.07) is 0. The van der Waals surface area contributed by atoms with Crippen LogP contribution >= 0.6 is 0 Å². The van der Waals surface area contributed by atoms with Gasteiger partial charge < -0.3 is 14.6 Å². The van der Waals surface area contributed by atoms with E-state index in [1.807, 2.05) is 0 Å². The van der Waals surface area contributed by atoms with E-state index < -0.39 is 0 Å². The maximum absolute atomic E-state index is 10.9. The zero-order valence-electron chi connectivity index (χ0n) is 11.4. The van der Waals surface area contributed by atoms with Crippen LogP contribution in [0.25, 0.3) is 0 Å². The number of hydrogen-bond acceptors (Lipinski definition) is 4. The number of ether oxygens (including phenoxy) is 2. The van der Waals surface area contributed by atoms with Crippen LogP contribution in [0.5, 0.6) is 0 Å². The Kier molecular flexibility index (Phi) is 8.01. The summed E-state index contributed by atoms with van der Waals surface area (Å²) in [7, 11) is 1.43. The average Bonchev–Trinajstić information content (AvgIpc) is 2.91. The average molecular weight is 258 g/mol. The Morgan fingerprint density at radius 1 is 1.33 bits per heavy atom. The van der Waals surface area contributed by atoms with Crippen LogP contribution in [0.2, 0.25) is 0 Å². The normalized spacial score (nSPS) is 20.9.